The number of hydrogen-bond donors (Lipinski definition) is 1. The number of ether oxygens (including phenoxy) is 1. The molecule has 0 spiro atoms. The monoisotopic (exact) mass is 416 g/mol. The number of hydrogen-bond acceptors (Lipinski definition) is 5. The van der Waals surface area contributed by atoms with Gasteiger partial charge in [0.05, 0.1) is 25.5 Å². The Morgan fingerprint density at radius 3 is 2.75 bits per heavy atom. The Bertz CT molecular complexity index is 948. The lowest BCUT2D eigenvalue weighted by atomic mass is 9.98. The first-order valence-corrected chi connectivity index (χ1v) is 10.3. The largest absolute Gasteiger partial charge is 0.459 e. The van der Waals surface area contributed by atoms with Crippen molar-refractivity contribution in [1.29, 1.82) is 0 Å². The van der Waals surface area contributed by atoms with Crippen LogP contribution in [0.4, 0.5) is 5.00 Å². The van der Waals surface area contributed by atoms with Gasteiger partial charge in [-0.3, -0.25) is 9.69 Å². The second kappa shape index (κ2) is 8.49. The maximum absolute atomic E-state index is 12.6. The molecule has 1 aliphatic rings. The molecule has 5 nitrogen and oxygen atoms in total. The molecular weight excluding hydrogens is 396 g/mol. The molecule has 0 unspecified atom stereocenters. The van der Waals surface area contributed by atoms with Gasteiger partial charge in [-0.15, -0.1) is 11.3 Å². The summed E-state index contributed by atoms with van der Waals surface area (Å²) in [5.74, 6) is 0.0441. The van der Waals surface area contributed by atoms with Crippen LogP contribution in [0.25, 0.3) is 0 Å². The van der Waals surface area contributed by atoms with Gasteiger partial charge in [-0.2, -0.15) is 0 Å². The highest BCUT2D eigenvalue weighted by Crippen LogP contribution is 2.40. The molecule has 0 radical (unpaired) electrons. The van der Waals surface area contributed by atoms with E-state index >= 15 is 0 Å². The first-order valence-electron chi connectivity index (χ1n) is 9.14. The van der Waals surface area contributed by atoms with Crippen molar-refractivity contribution in [2.45, 2.75) is 13.0 Å². The van der Waals surface area contributed by atoms with Crippen LogP contribution in [-0.4, -0.2) is 37.1 Å². The number of benzene rings is 1. The molecule has 7 heteroatoms. The molecule has 146 valence electrons. The molecule has 1 amide bonds. The molecule has 1 atom stereocenters. The summed E-state index contributed by atoms with van der Waals surface area (Å²) in [6.45, 7) is 5.06. The normalized spacial score (nSPS) is 16.1. The number of furan rings is 1. The van der Waals surface area contributed by atoms with E-state index in [-0.39, 0.29) is 11.9 Å². The minimum Gasteiger partial charge on any atom is -0.459 e. The minimum absolute atomic E-state index is 0.0144. The number of halogens is 1. The zero-order valence-electron chi connectivity index (χ0n) is 15.5. The van der Waals surface area contributed by atoms with Gasteiger partial charge in [-0.1, -0.05) is 23.7 Å². The van der Waals surface area contributed by atoms with Crippen LogP contribution >= 0.6 is 22.9 Å². The van der Waals surface area contributed by atoms with Gasteiger partial charge in [0.2, 0.25) is 0 Å². The van der Waals surface area contributed by atoms with Crippen LogP contribution in [0.3, 0.4) is 0 Å². The number of carbonyl (C=O) groups is 1. The van der Waals surface area contributed by atoms with Crippen molar-refractivity contribution < 1.29 is 13.9 Å². The zero-order chi connectivity index (χ0) is 19.5. The van der Waals surface area contributed by atoms with E-state index in [1.165, 1.54) is 6.26 Å². The Morgan fingerprint density at radius 2 is 2.04 bits per heavy atom. The van der Waals surface area contributed by atoms with Crippen LogP contribution in [0, 0.1) is 6.92 Å². The number of anilines is 1. The molecule has 28 heavy (non-hydrogen) atoms. The van der Waals surface area contributed by atoms with Crippen LogP contribution in [0.2, 0.25) is 5.02 Å². The average molecular weight is 417 g/mol. The molecule has 0 aliphatic carbocycles. The van der Waals surface area contributed by atoms with Crippen LogP contribution in [0.1, 0.15) is 32.6 Å². The van der Waals surface area contributed by atoms with Crippen molar-refractivity contribution in [3.63, 3.8) is 0 Å². The van der Waals surface area contributed by atoms with E-state index in [9.17, 15) is 4.79 Å². The molecular formula is C21H21ClN2O3S. The maximum atomic E-state index is 12.6. The van der Waals surface area contributed by atoms with Gasteiger partial charge in [-0.05, 0) is 42.8 Å². The first-order chi connectivity index (χ1) is 13.6. The highest BCUT2D eigenvalue weighted by molar-refractivity contribution is 7.16. The first kappa shape index (κ1) is 19.2. The summed E-state index contributed by atoms with van der Waals surface area (Å²) in [5.41, 5.74) is 2.16. The molecule has 3 aromatic rings. The highest BCUT2D eigenvalue weighted by Gasteiger charge is 2.28. The summed E-state index contributed by atoms with van der Waals surface area (Å²) in [5, 5.41) is 4.56. The molecule has 1 aromatic carbocycles. The fourth-order valence-electron chi connectivity index (χ4n) is 3.51. The van der Waals surface area contributed by atoms with E-state index in [1.54, 1.807) is 23.5 Å². The number of amides is 1. The van der Waals surface area contributed by atoms with Crippen molar-refractivity contribution in [2.24, 2.45) is 0 Å². The second-order valence-corrected chi connectivity index (χ2v) is 8.37. The molecule has 0 saturated carbocycles. The third kappa shape index (κ3) is 4.15. The number of rotatable bonds is 5. The smallest absolute Gasteiger partial charge is 0.291 e. The van der Waals surface area contributed by atoms with E-state index in [0.29, 0.717) is 24.0 Å². The van der Waals surface area contributed by atoms with Crippen LogP contribution in [0.15, 0.2) is 53.1 Å². The van der Waals surface area contributed by atoms with Crippen molar-refractivity contribution >= 4 is 33.8 Å². The van der Waals surface area contributed by atoms with E-state index < -0.39 is 0 Å². The summed E-state index contributed by atoms with van der Waals surface area (Å²) in [4.78, 5) is 16.1. The third-order valence-electron chi connectivity index (χ3n) is 4.73. The zero-order valence-corrected chi connectivity index (χ0v) is 17.1. The average Bonchev–Trinajstić information content (AvgIpc) is 3.34. The van der Waals surface area contributed by atoms with Crippen LogP contribution < -0.4 is 5.32 Å². The van der Waals surface area contributed by atoms with E-state index in [4.69, 9.17) is 20.8 Å². The van der Waals surface area contributed by atoms with Gasteiger partial charge in [0.15, 0.2) is 5.76 Å². The van der Waals surface area contributed by atoms with Crippen LogP contribution in [0.5, 0.6) is 0 Å². The molecule has 3 heterocycles. The minimum atomic E-state index is -0.250. The summed E-state index contributed by atoms with van der Waals surface area (Å²) >= 11 is 7.86. The van der Waals surface area contributed by atoms with E-state index in [0.717, 1.165) is 34.1 Å². The van der Waals surface area contributed by atoms with Gasteiger partial charge >= 0.3 is 0 Å². The number of carbonyl (C=O) groups excluding carboxylic acids is 1. The lowest BCUT2D eigenvalue weighted by Gasteiger charge is -2.35. The number of nitrogens with zero attached hydrogens (tertiary/aromatic N) is 1. The Balaban J connectivity index is 1.72. The lowest BCUT2D eigenvalue weighted by molar-refractivity contribution is 0.0241. The molecule has 1 fully saturated rings. The van der Waals surface area contributed by atoms with Gasteiger partial charge in [-0.25, -0.2) is 0 Å². The quantitative estimate of drug-likeness (QED) is 0.637. The van der Waals surface area contributed by atoms with Gasteiger partial charge in [0.1, 0.15) is 5.00 Å². The van der Waals surface area contributed by atoms with Crippen molar-refractivity contribution in [3.05, 3.63) is 75.5 Å². The SMILES string of the molecule is Cc1cc([C@@H](c2cccc(Cl)c2)N2CCOCC2)c(NC(=O)c2ccco2)s1. The molecule has 0 bridgehead atoms. The van der Waals surface area contributed by atoms with Crippen molar-refractivity contribution in [1.82, 2.24) is 4.90 Å². The lowest BCUT2D eigenvalue weighted by Crippen LogP contribution is -2.39. The van der Waals surface area contributed by atoms with E-state index in [1.807, 2.05) is 25.1 Å². The topological polar surface area (TPSA) is 54.7 Å². The molecule has 2 aromatic heterocycles. The maximum Gasteiger partial charge on any atom is 0.291 e. The Kier molecular flexibility index (Phi) is 5.82. The summed E-state index contributed by atoms with van der Waals surface area (Å²) < 4.78 is 10.8. The third-order valence-corrected chi connectivity index (χ3v) is 5.94. The molecule has 4 rings (SSSR count). The van der Waals surface area contributed by atoms with E-state index in [2.05, 4.69) is 22.3 Å². The molecule has 1 aliphatic heterocycles. The summed E-state index contributed by atoms with van der Waals surface area (Å²) in [7, 11) is 0. The summed E-state index contributed by atoms with van der Waals surface area (Å²) in [6.07, 6.45) is 1.50. The second-order valence-electron chi connectivity index (χ2n) is 6.68. The Hall–Kier alpha value is -2.12. The molecule has 1 N–H and O–H groups in total. The van der Waals surface area contributed by atoms with Gasteiger partial charge in [0, 0.05) is 28.6 Å². The summed E-state index contributed by atoms with van der Waals surface area (Å²) in [6, 6.07) is 13.4. The predicted molar refractivity (Wildman–Crippen MR) is 111 cm³/mol. The number of morpholine rings is 1. The fraction of sp³-hybridized carbons (Fsp3) is 0.286. The fourth-order valence-corrected chi connectivity index (χ4v) is 4.65. The van der Waals surface area contributed by atoms with Crippen molar-refractivity contribution in [2.75, 3.05) is 31.6 Å². The molecule has 1 saturated heterocycles. The number of nitrogens with one attached hydrogen (secondary N) is 1. The van der Waals surface area contributed by atoms with Gasteiger partial charge in [0.25, 0.3) is 5.91 Å². The number of thiophene rings is 1. The van der Waals surface area contributed by atoms with Crippen molar-refractivity contribution in [3.8, 4) is 0 Å². The standard InChI is InChI=1S/C21H21ClN2O3S/c1-14-12-17(21(28-14)23-20(25)18-6-3-9-27-18)19(24-7-10-26-11-8-24)15-4-2-5-16(22)13-15/h2-6,9,12-13,19H,7-8,10-11H2,1H3,(H,23,25)/t19-/m1/s1. The predicted octanol–water partition coefficient (Wildman–Crippen LogP) is 4.98. The van der Waals surface area contributed by atoms with Gasteiger partial charge < -0.3 is 14.5 Å². The Labute approximate surface area is 172 Å². The Morgan fingerprint density at radius 1 is 1.21 bits per heavy atom. The van der Waals surface area contributed by atoms with Crippen LogP contribution in [-0.2, 0) is 4.74 Å². The highest BCUT2D eigenvalue weighted by atomic mass is 35.5. The number of aryl methyl sites for hydroxylation is 1.